The number of halogens is 1. The van der Waals surface area contributed by atoms with Gasteiger partial charge in [0.2, 0.25) is 17.7 Å². The standard InChI is InChI=1S/C28H37ClN6O6S/c1-16(2)13-22(28(41)35-23(15-42)26(39)32-12-9-17-5-3-4-6-19(17)29)34-27(40)21(7-8-24(36)37)33-25(38)18-10-11-31-14-20(18)30/h3-6,10-11,14,16,21-23,42H,7-9,12-13,15,30H2,1-2H3,(H,32,39)(H,33,38)(H,34,40)(H,35,41)(H,36,37)/t21-,22-,23-/m0/s1. The molecule has 0 aliphatic carbocycles. The van der Waals surface area contributed by atoms with Crippen molar-refractivity contribution in [2.75, 3.05) is 18.0 Å². The van der Waals surface area contributed by atoms with Gasteiger partial charge in [-0.25, -0.2) is 0 Å². The Bertz CT molecular complexity index is 1260. The van der Waals surface area contributed by atoms with Crippen molar-refractivity contribution in [2.24, 2.45) is 5.92 Å². The summed E-state index contributed by atoms with van der Waals surface area (Å²) in [5, 5.41) is 20.2. The lowest BCUT2D eigenvalue weighted by Gasteiger charge is -2.26. The van der Waals surface area contributed by atoms with Gasteiger partial charge >= 0.3 is 5.97 Å². The lowest BCUT2D eigenvalue weighted by molar-refractivity contribution is -0.137. The molecule has 0 saturated carbocycles. The molecule has 228 valence electrons. The van der Waals surface area contributed by atoms with Crippen LogP contribution in [0.3, 0.4) is 0 Å². The molecule has 1 heterocycles. The van der Waals surface area contributed by atoms with Crippen molar-refractivity contribution in [3.8, 4) is 0 Å². The molecule has 4 amide bonds. The van der Waals surface area contributed by atoms with Gasteiger partial charge in [0.1, 0.15) is 18.1 Å². The summed E-state index contributed by atoms with van der Waals surface area (Å²) in [7, 11) is 0. The topological polar surface area (TPSA) is 193 Å². The van der Waals surface area contributed by atoms with Crippen molar-refractivity contribution in [2.45, 2.75) is 57.7 Å². The number of nitrogen functional groups attached to an aromatic ring is 1. The monoisotopic (exact) mass is 620 g/mol. The maximum Gasteiger partial charge on any atom is 0.303 e. The lowest BCUT2D eigenvalue weighted by atomic mass is 10.0. The number of carboxylic acids is 1. The van der Waals surface area contributed by atoms with Crippen LogP contribution in [0.1, 0.15) is 49.0 Å². The summed E-state index contributed by atoms with van der Waals surface area (Å²) in [6.45, 7) is 3.97. The molecular weight excluding hydrogens is 584 g/mol. The van der Waals surface area contributed by atoms with Crippen molar-refractivity contribution in [1.82, 2.24) is 26.3 Å². The second-order valence-corrected chi connectivity index (χ2v) is 10.8. The molecule has 2 rings (SSSR count). The molecule has 1 aromatic heterocycles. The van der Waals surface area contributed by atoms with E-state index in [0.29, 0.717) is 11.4 Å². The number of amides is 4. The quantitative estimate of drug-likeness (QED) is 0.137. The Kier molecular flexibility index (Phi) is 14.1. The van der Waals surface area contributed by atoms with Gasteiger partial charge < -0.3 is 32.1 Å². The summed E-state index contributed by atoms with van der Waals surface area (Å²) >= 11 is 10.4. The number of hydrogen-bond acceptors (Lipinski definition) is 8. The van der Waals surface area contributed by atoms with Crippen molar-refractivity contribution in [3.05, 3.63) is 58.9 Å². The van der Waals surface area contributed by atoms with Crippen LogP contribution >= 0.6 is 24.2 Å². The maximum absolute atomic E-state index is 13.2. The van der Waals surface area contributed by atoms with E-state index in [4.69, 9.17) is 22.4 Å². The van der Waals surface area contributed by atoms with Crippen LogP contribution < -0.4 is 27.0 Å². The zero-order valence-electron chi connectivity index (χ0n) is 23.4. The van der Waals surface area contributed by atoms with Gasteiger partial charge in [-0.15, -0.1) is 0 Å². The Hall–Kier alpha value is -3.84. The van der Waals surface area contributed by atoms with E-state index in [1.165, 1.54) is 18.5 Å². The number of nitrogens with two attached hydrogens (primary N) is 1. The number of pyridine rings is 1. The molecule has 0 aliphatic heterocycles. The maximum atomic E-state index is 13.2. The fourth-order valence-electron chi connectivity index (χ4n) is 3.97. The van der Waals surface area contributed by atoms with Crippen LogP contribution in [0.5, 0.6) is 0 Å². The van der Waals surface area contributed by atoms with Crippen LogP contribution in [0.2, 0.25) is 5.02 Å². The van der Waals surface area contributed by atoms with E-state index in [2.05, 4.69) is 38.9 Å². The summed E-state index contributed by atoms with van der Waals surface area (Å²) in [5.74, 6) is -3.75. The number of carboxylic acid groups (broad SMARTS) is 1. The number of carbonyl (C=O) groups excluding carboxylic acids is 4. The number of benzene rings is 1. The lowest BCUT2D eigenvalue weighted by Crippen LogP contribution is -2.57. The Balaban J connectivity index is 2.09. The summed E-state index contributed by atoms with van der Waals surface area (Å²) < 4.78 is 0. The molecule has 0 aliphatic rings. The predicted molar refractivity (Wildman–Crippen MR) is 162 cm³/mol. The Morgan fingerprint density at radius 2 is 1.64 bits per heavy atom. The molecule has 0 radical (unpaired) electrons. The van der Waals surface area contributed by atoms with Crippen LogP contribution in [0, 0.1) is 5.92 Å². The third-order valence-corrected chi connectivity index (χ3v) is 6.91. The van der Waals surface area contributed by atoms with Crippen molar-refractivity contribution < 1.29 is 29.1 Å². The third-order valence-electron chi connectivity index (χ3n) is 6.17. The highest BCUT2D eigenvalue weighted by Gasteiger charge is 2.30. The summed E-state index contributed by atoms with van der Waals surface area (Å²) in [4.78, 5) is 67.1. The Morgan fingerprint density at radius 1 is 0.976 bits per heavy atom. The van der Waals surface area contributed by atoms with E-state index in [-0.39, 0.29) is 42.3 Å². The number of anilines is 1. The van der Waals surface area contributed by atoms with Gasteiger partial charge in [-0.2, -0.15) is 12.6 Å². The molecule has 14 heteroatoms. The first kappa shape index (κ1) is 34.4. The highest BCUT2D eigenvalue weighted by atomic mass is 35.5. The average Bonchev–Trinajstić information content (AvgIpc) is 2.94. The van der Waals surface area contributed by atoms with Gasteiger partial charge in [0, 0.05) is 29.9 Å². The van der Waals surface area contributed by atoms with Crippen molar-refractivity contribution in [3.63, 3.8) is 0 Å². The fraction of sp³-hybridized carbons (Fsp3) is 0.429. The molecule has 42 heavy (non-hydrogen) atoms. The number of nitrogens with one attached hydrogen (secondary N) is 4. The molecule has 12 nitrogen and oxygen atoms in total. The van der Waals surface area contributed by atoms with E-state index in [1.807, 2.05) is 32.0 Å². The number of rotatable bonds is 16. The number of hydrogen-bond donors (Lipinski definition) is 7. The molecule has 0 fully saturated rings. The molecular formula is C28H37ClN6O6S. The van der Waals surface area contributed by atoms with E-state index in [1.54, 1.807) is 6.07 Å². The van der Waals surface area contributed by atoms with E-state index < -0.39 is 54.1 Å². The summed E-state index contributed by atoms with van der Waals surface area (Å²) in [6, 6.07) is 5.27. The normalized spacial score (nSPS) is 13.0. The van der Waals surface area contributed by atoms with Crippen LogP contribution in [0.25, 0.3) is 0 Å². The Labute approximate surface area is 255 Å². The number of thiol groups is 1. The van der Waals surface area contributed by atoms with Gasteiger partial charge in [-0.1, -0.05) is 43.6 Å². The minimum Gasteiger partial charge on any atom is -0.481 e. The van der Waals surface area contributed by atoms with E-state index in [0.717, 1.165) is 5.56 Å². The van der Waals surface area contributed by atoms with Gasteiger partial charge in [0.15, 0.2) is 0 Å². The highest BCUT2D eigenvalue weighted by molar-refractivity contribution is 7.80. The molecule has 0 bridgehead atoms. The fourth-order valence-corrected chi connectivity index (χ4v) is 4.46. The van der Waals surface area contributed by atoms with Crippen LogP contribution in [0.15, 0.2) is 42.7 Å². The second-order valence-electron chi connectivity index (χ2n) is 9.99. The number of carbonyl (C=O) groups is 5. The van der Waals surface area contributed by atoms with Crippen LogP contribution in [0.4, 0.5) is 5.69 Å². The van der Waals surface area contributed by atoms with Gasteiger partial charge in [0.05, 0.1) is 17.4 Å². The van der Waals surface area contributed by atoms with Crippen molar-refractivity contribution in [1.29, 1.82) is 0 Å². The van der Waals surface area contributed by atoms with Crippen LogP contribution in [-0.4, -0.2) is 70.1 Å². The predicted octanol–water partition coefficient (Wildman–Crippen LogP) is 1.58. The smallest absolute Gasteiger partial charge is 0.303 e. The van der Waals surface area contributed by atoms with Crippen LogP contribution in [-0.2, 0) is 25.6 Å². The summed E-state index contributed by atoms with van der Waals surface area (Å²) in [6.07, 6.45) is 2.67. The first-order valence-corrected chi connectivity index (χ1v) is 14.4. The molecule has 2 aromatic rings. The minimum absolute atomic E-state index is 0.00331. The molecule has 1 aromatic carbocycles. The molecule has 0 saturated heterocycles. The summed E-state index contributed by atoms with van der Waals surface area (Å²) in [5.41, 5.74) is 6.81. The zero-order valence-corrected chi connectivity index (χ0v) is 25.1. The SMILES string of the molecule is CC(C)C[C@H](NC(=O)[C@H](CCC(=O)O)NC(=O)c1ccncc1N)C(=O)N[C@@H](CS)C(=O)NCCc1ccccc1Cl. The molecule has 0 spiro atoms. The Morgan fingerprint density at radius 3 is 2.26 bits per heavy atom. The van der Waals surface area contributed by atoms with Gasteiger partial charge in [-0.3, -0.25) is 29.0 Å². The van der Waals surface area contributed by atoms with E-state index in [9.17, 15) is 24.0 Å². The third kappa shape index (κ3) is 11.2. The number of aliphatic carboxylic acids is 1. The average molecular weight is 621 g/mol. The first-order chi connectivity index (χ1) is 19.9. The van der Waals surface area contributed by atoms with Crippen molar-refractivity contribution >= 4 is 59.5 Å². The number of nitrogens with zero attached hydrogens (tertiary/aromatic N) is 1. The molecule has 7 N–H and O–H groups in total. The van der Waals surface area contributed by atoms with Gasteiger partial charge in [-0.05, 0) is 42.9 Å². The first-order valence-electron chi connectivity index (χ1n) is 13.4. The number of aromatic nitrogens is 1. The minimum atomic E-state index is -1.28. The van der Waals surface area contributed by atoms with Gasteiger partial charge in [0.25, 0.3) is 5.91 Å². The molecule has 3 atom stereocenters. The van der Waals surface area contributed by atoms with E-state index >= 15 is 0 Å². The second kappa shape index (κ2) is 17.2. The highest BCUT2D eigenvalue weighted by Crippen LogP contribution is 2.15. The molecule has 0 unspecified atom stereocenters. The zero-order chi connectivity index (χ0) is 31.2. The largest absolute Gasteiger partial charge is 0.481 e.